The van der Waals surface area contributed by atoms with Gasteiger partial charge in [0.2, 0.25) is 11.8 Å². The second-order valence-electron chi connectivity index (χ2n) is 4.70. The number of nitrogens with two attached hydrogens (primary N) is 1. The van der Waals surface area contributed by atoms with E-state index in [2.05, 4.69) is 35.9 Å². The van der Waals surface area contributed by atoms with E-state index in [1.807, 2.05) is 19.1 Å². The molecule has 0 saturated heterocycles. The van der Waals surface area contributed by atoms with E-state index in [9.17, 15) is 0 Å². The van der Waals surface area contributed by atoms with Gasteiger partial charge in [0.05, 0.1) is 0 Å². The summed E-state index contributed by atoms with van der Waals surface area (Å²) >= 11 is 0. The van der Waals surface area contributed by atoms with Crippen LogP contribution in [0.4, 0.5) is 5.95 Å². The molecule has 1 heterocycles. The minimum atomic E-state index is 0.219. The van der Waals surface area contributed by atoms with Crippen molar-refractivity contribution in [2.45, 2.75) is 33.1 Å². The summed E-state index contributed by atoms with van der Waals surface area (Å²) in [5, 5.41) is 0. The second kappa shape index (κ2) is 5.69. The molecule has 2 N–H and O–H groups in total. The molecule has 4 nitrogen and oxygen atoms in total. The summed E-state index contributed by atoms with van der Waals surface area (Å²) in [4.78, 5) is 8.00. The van der Waals surface area contributed by atoms with E-state index in [0.29, 0.717) is 11.8 Å². The normalized spacial score (nSPS) is 12.2. The molecular formula is C15H19N3O. The minimum Gasteiger partial charge on any atom is -0.439 e. The van der Waals surface area contributed by atoms with Gasteiger partial charge in [-0.2, -0.15) is 4.98 Å². The zero-order chi connectivity index (χ0) is 13.8. The average Bonchev–Trinajstić information content (AvgIpc) is 2.43. The van der Waals surface area contributed by atoms with Gasteiger partial charge in [-0.3, -0.25) is 0 Å². The highest BCUT2D eigenvalue weighted by molar-refractivity contribution is 5.35. The fourth-order valence-electron chi connectivity index (χ4n) is 1.75. The van der Waals surface area contributed by atoms with Crippen LogP contribution in [-0.2, 0) is 0 Å². The number of aryl methyl sites for hydroxylation is 1. The first-order chi connectivity index (χ1) is 9.10. The van der Waals surface area contributed by atoms with Gasteiger partial charge in [0.1, 0.15) is 5.75 Å². The van der Waals surface area contributed by atoms with Crippen LogP contribution in [0.25, 0.3) is 0 Å². The molecular weight excluding hydrogens is 238 g/mol. The van der Waals surface area contributed by atoms with Gasteiger partial charge in [-0.1, -0.05) is 26.0 Å². The third kappa shape index (κ3) is 3.22. The Hall–Kier alpha value is -2.10. The smallest absolute Gasteiger partial charge is 0.226 e. The summed E-state index contributed by atoms with van der Waals surface area (Å²) in [6, 6.07) is 8.09. The Morgan fingerprint density at radius 3 is 2.58 bits per heavy atom. The van der Waals surface area contributed by atoms with Crippen molar-refractivity contribution in [3.8, 4) is 11.6 Å². The lowest BCUT2D eigenvalue weighted by molar-refractivity contribution is 0.458. The first kappa shape index (κ1) is 13.3. The molecule has 0 aliphatic heterocycles. The molecule has 2 aromatic rings. The number of hydrogen-bond acceptors (Lipinski definition) is 4. The number of hydrogen-bond donors (Lipinski definition) is 1. The molecule has 1 aromatic carbocycles. The van der Waals surface area contributed by atoms with Gasteiger partial charge < -0.3 is 10.5 Å². The van der Waals surface area contributed by atoms with E-state index in [4.69, 9.17) is 10.5 Å². The number of aromatic nitrogens is 2. The van der Waals surface area contributed by atoms with Crippen LogP contribution in [0.3, 0.4) is 0 Å². The Morgan fingerprint density at radius 1 is 1.26 bits per heavy atom. The van der Waals surface area contributed by atoms with Crippen molar-refractivity contribution in [3.05, 3.63) is 41.6 Å². The summed E-state index contributed by atoms with van der Waals surface area (Å²) in [7, 11) is 0. The maximum absolute atomic E-state index is 5.73. The van der Waals surface area contributed by atoms with Crippen molar-refractivity contribution in [1.29, 1.82) is 0 Å². The maximum atomic E-state index is 5.73. The molecule has 0 saturated carbocycles. The Labute approximate surface area is 113 Å². The van der Waals surface area contributed by atoms with Crippen molar-refractivity contribution in [2.75, 3.05) is 5.73 Å². The number of anilines is 1. The predicted octanol–water partition coefficient (Wildman–Crippen LogP) is 3.67. The molecule has 19 heavy (non-hydrogen) atoms. The number of benzene rings is 1. The van der Waals surface area contributed by atoms with Gasteiger partial charge >= 0.3 is 0 Å². The third-order valence-electron chi connectivity index (χ3n) is 3.22. The monoisotopic (exact) mass is 257 g/mol. The largest absolute Gasteiger partial charge is 0.439 e. The molecule has 0 fully saturated rings. The van der Waals surface area contributed by atoms with Crippen molar-refractivity contribution in [1.82, 2.24) is 9.97 Å². The zero-order valence-electron chi connectivity index (χ0n) is 11.6. The minimum absolute atomic E-state index is 0.219. The molecule has 1 atom stereocenters. The van der Waals surface area contributed by atoms with E-state index in [-0.39, 0.29) is 5.95 Å². The van der Waals surface area contributed by atoms with Crippen LogP contribution < -0.4 is 10.5 Å². The molecule has 0 aliphatic carbocycles. The van der Waals surface area contributed by atoms with Crippen LogP contribution in [0.15, 0.2) is 30.5 Å². The number of ether oxygens (including phenoxy) is 1. The Bertz CT molecular complexity index is 552. The predicted molar refractivity (Wildman–Crippen MR) is 76.4 cm³/mol. The average molecular weight is 257 g/mol. The van der Waals surface area contributed by atoms with Gasteiger partial charge in [0, 0.05) is 11.8 Å². The van der Waals surface area contributed by atoms with E-state index >= 15 is 0 Å². The fourth-order valence-corrected chi connectivity index (χ4v) is 1.75. The molecule has 4 heteroatoms. The van der Waals surface area contributed by atoms with Crippen molar-refractivity contribution in [2.24, 2.45) is 0 Å². The van der Waals surface area contributed by atoms with Crippen LogP contribution in [0.2, 0.25) is 0 Å². The molecule has 0 spiro atoms. The van der Waals surface area contributed by atoms with Crippen molar-refractivity contribution in [3.63, 3.8) is 0 Å². The molecule has 1 aromatic heterocycles. The lowest BCUT2D eigenvalue weighted by atomic mass is 9.99. The highest BCUT2D eigenvalue weighted by atomic mass is 16.5. The molecule has 0 radical (unpaired) electrons. The van der Waals surface area contributed by atoms with Gasteiger partial charge in [0.25, 0.3) is 0 Å². The lowest BCUT2D eigenvalue weighted by Gasteiger charge is -2.11. The highest BCUT2D eigenvalue weighted by Gasteiger charge is 2.06. The van der Waals surface area contributed by atoms with Gasteiger partial charge in [-0.15, -0.1) is 0 Å². The molecule has 0 amide bonds. The quantitative estimate of drug-likeness (QED) is 0.907. The number of rotatable bonds is 4. The molecule has 2 rings (SSSR count). The molecule has 1 unspecified atom stereocenters. The second-order valence-corrected chi connectivity index (χ2v) is 4.70. The maximum Gasteiger partial charge on any atom is 0.226 e. The highest BCUT2D eigenvalue weighted by Crippen LogP contribution is 2.25. The van der Waals surface area contributed by atoms with E-state index < -0.39 is 0 Å². The standard InChI is InChI=1S/C15H19N3O/c1-4-10(2)12-5-7-13(8-6-12)19-14-11(3)9-17-15(16)18-14/h5-10H,4H2,1-3H3,(H2,16,17,18). The molecule has 0 bridgehead atoms. The van der Waals surface area contributed by atoms with Gasteiger partial charge in [-0.25, -0.2) is 4.98 Å². The van der Waals surface area contributed by atoms with Crippen molar-refractivity contribution >= 4 is 5.95 Å². The van der Waals surface area contributed by atoms with Crippen LogP contribution in [0, 0.1) is 6.92 Å². The molecule has 0 aliphatic rings. The summed E-state index contributed by atoms with van der Waals surface area (Å²) in [6.45, 7) is 6.29. The van der Waals surface area contributed by atoms with Crippen LogP contribution >= 0.6 is 0 Å². The number of nitrogen functional groups attached to an aromatic ring is 1. The third-order valence-corrected chi connectivity index (χ3v) is 3.22. The topological polar surface area (TPSA) is 61.0 Å². The Kier molecular flexibility index (Phi) is 4.00. The van der Waals surface area contributed by atoms with Crippen LogP contribution in [-0.4, -0.2) is 9.97 Å². The lowest BCUT2D eigenvalue weighted by Crippen LogP contribution is -1.99. The van der Waals surface area contributed by atoms with E-state index in [1.54, 1.807) is 6.20 Å². The summed E-state index contributed by atoms with van der Waals surface area (Å²) in [6.07, 6.45) is 2.78. The van der Waals surface area contributed by atoms with Crippen LogP contribution in [0.1, 0.15) is 37.3 Å². The summed E-state index contributed by atoms with van der Waals surface area (Å²) < 4.78 is 5.73. The first-order valence-corrected chi connectivity index (χ1v) is 6.47. The Morgan fingerprint density at radius 2 is 1.95 bits per heavy atom. The number of nitrogens with zero attached hydrogens (tertiary/aromatic N) is 2. The van der Waals surface area contributed by atoms with E-state index in [0.717, 1.165) is 17.7 Å². The van der Waals surface area contributed by atoms with Gasteiger partial charge in [0.15, 0.2) is 0 Å². The SMILES string of the molecule is CCC(C)c1ccc(Oc2nc(N)ncc2C)cc1. The first-order valence-electron chi connectivity index (χ1n) is 6.47. The van der Waals surface area contributed by atoms with Crippen LogP contribution in [0.5, 0.6) is 11.6 Å². The van der Waals surface area contributed by atoms with E-state index in [1.165, 1.54) is 5.56 Å². The summed E-state index contributed by atoms with van der Waals surface area (Å²) in [5.74, 6) is 2.04. The Balaban J connectivity index is 2.17. The molecule has 100 valence electrons. The fraction of sp³-hybridized carbons (Fsp3) is 0.333. The zero-order valence-corrected chi connectivity index (χ0v) is 11.6. The summed E-state index contributed by atoms with van der Waals surface area (Å²) in [5.41, 5.74) is 7.74. The van der Waals surface area contributed by atoms with Gasteiger partial charge in [-0.05, 0) is 37.0 Å². The van der Waals surface area contributed by atoms with Crippen molar-refractivity contribution < 1.29 is 4.74 Å².